The van der Waals surface area contributed by atoms with E-state index in [1.165, 1.54) is 6.07 Å². The Morgan fingerprint density at radius 3 is 2.87 bits per heavy atom. The van der Waals surface area contributed by atoms with Crippen LogP contribution < -0.4 is 10.9 Å². The summed E-state index contributed by atoms with van der Waals surface area (Å²) in [7, 11) is 0. The van der Waals surface area contributed by atoms with Crippen molar-refractivity contribution in [3.8, 4) is 0 Å². The molecule has 1 aliphatic carbocycles. The molecule has 0 bridgehead atoms. The highest BCUT2D eigenvalue weighted by molar-refractivity contribution is 6.02. The molecule has 1 aromatic heterocycles. The van der Waals surface area contributed by atoms with Crippen molar-refractivity contribution in [2.75, 3.05) is 13.2 Å². The Hall–Kier alpha value is -1.95. The van der Waals surface area contributed by atoms with Crippen molar-refractivity contribution in [2.24, 2.45) is 5.41 Å². The van der Waals surface area contributed by atoms with E-state index in [1.807, 2.05) is 13.8 Å². The van der Waals surface area contributed by atoms with Gasteiger partial charge in [-0.25, -0.2) is 0 Å². The fourth-order valence-electron chi connectivity index (χ4n) is 3.30. The van der Waals surface area contributed by atoms with Crippen LogP contribution in [0.4, 0.5) is 0 Å². The first-order valence-corrected chi connectivity index (χ1v) is 8.05. The molecule has 6 heteroatoms. The monoisotopic (exact) mass is 318 g/mol. The summed E-state index contributed by atoms with van der Waals surface area (Å²) < 4.78 is 5.45. The van der Waals surface area contributed by atoms with E-state index < -0.39 is 11.5 Å². The summed E-state index contributed by atoms with van der Waals surface area (Å²) in [6, 6.07) is 1.44. The van der Waals surface area contributed by atoms with Crippen LogP contribution in [0.15, 0.2) is 10.9 Å². The molecule has 2 heterocycles. The van der Waals surface area contributed by atoms with E-state index in [2.05, 4.69) is 10.3 Å². The fourth-order valence-corrected chi connectivity index (χ4v) is 3.30. The van der Waals surface area contributed by atoms with Gasteiger partial charge in [0.2, 0.25) is 0 Å². The second kappa shape index (κ2) is 5.92. The number of hydrogen-bond donors (Lipinski definition) is 2. The Bertz CT molecular complexity index is 699. The maximum absolute atomic E-state index is 12.3. The molecular weight excluding hydrogens is 296 g/mol. The molecule has 1 unspecified atom stereocenters. The maximum Gasteiger partial charge on any atom is 0.261 e. The lowest BCUT2D eigenvalue weighted by atomic mass is 9.75. The van der Waals surface area contributed by atoms with Crippen molar-refractivity contribution >= 4 is 11.7 Å². The lowest BCUT2D eigenvalue weighted by Gasteiger charge is -2.29. The smallest absolute Gasteiger partial charge is 0.261 e. The number of H-pyrrole nitrogens is 1. The third-order valence-electron chi connectivity index (χ3n) is 4.48. The Balaban J connectivity index is 1.80. The molecule has 0 aromatic carbocycles. The lowest BCUT2D eigenvalue weighted by molar-refractivity contribution is 0.0856. The quantitative estimate of drug-likeness (QED) is 0.882. The maximum atomic E-state index is 12.3. The number of carbonyl (C=O) groups excluding carboxylic acids is 2. The second-order valence-electron chi connectivity index (χ2n) is 7.19. The van der Waals surface area contributed by atoms with Gasteiger partial charge < -0.3 is 15.0 Å². The highest BCUT2D eigenvalue weighted by atomic mass is 16.5. The van der Waals surface area contributed by atoms with E-state index in [0.717, 1.165) is 12.8 Å². The predicted molar refractivity (Wildman–Crippen MR) is 84.8 cm³/mol. The molecule has 1 saturated heterocycles. The summed E-state index contributed by atoms with van der Waals surface area (Å²) in [6.07, 6.45) is 2.96. The Labute approximate surface area is 134 Å². The van der Waals surface area contributed by atoms with Gasteiger partial charge in [0.25, 0.3) is 11.5 Å². The molecule has 6 nitrogen and oxygen atoms in total. The molecule has 0 radical (unpaired) electrons. The van der Waals surface area contributed by atoms with Crippen LogP contribution in [-0.2, 0) is 11.2 Å². The second-order valence-corrected chi connectivity index (χ2v) is 7.19. The minimum Gasteiger partial charge on any atom is -0.376 e. The number of Topliss-reactive ketones (excluding diaryl/α,β-unsaturated/α-hetero) is 1. The fraction of sp³-hybridized carbons (Fsp3) is 0.588. The molecule has 1 aliphatic heterocycles. The van der Waals surface area contributed by atoms with Crippen LogP contribution in [0.1, 0.15) is 59.5 Å². The number of fused-ring (bicyclic) bond motifs is 1. The van der Waals surface area contributed by atoms with Crippen molar-refractivity contribution in [3.63, 3.8) is 0 Å². The molecular formula is C17H22N2O4. The molecule has 124 valence electrons. The van der Waals surface area contributed by atoms with Crippen molar-refractivity contribution in [2.45, 2.75) is 45.6 Å². The van der Waals surface area contributed by atoms with Crippen molar-refractivity contribution in [1.29, 1.82) is 0 Å². The van der Waals surface area contributed by atoms with Gasteiger partial charge in [-0.2, -0.15) is 0 Å². The van der Waals surface area contributed by atoms with Crippen LogP contribution in [0, 0.1) is 5.41 Å². The summed E-state index contributed by atoms with van der Waals surface area (Å²) in [5.41, 5.74) is 0.475. The topological polar surface area (TPSA) is 88.3 Å². The minimum absolute atomic E-state index is 0.00481. The summed E-state index contributed by atoms with van der Waals surface area (Å²) in [5, 5.41) is 2.72. The van der Waals surface area contributed by atoms with Crippen LogP contribution in [0.2, 0.25) is 0 Å². The van der Waals surface area contributed by atoms with Gasteiger partial charge in [-0.05, 0) is 30.7 Å². The third kappa shape index (κ3) is 3.37. The average molecular weight is 318 g/mol. The van der Waals surface area contributed by atoms with E-state index in [-0.39, 0.29) is 22.9 Å². The molecule has 2 aliphatic rings. The van der Waals surface area contributed by atoms with Crippen LogP contribution in [0.25, 0.3) is 0 Å². The SMILES string of the molecule is CC1(C)CC(=O)c2cc(C(=O)NCC3CCCO3)c(=O)[nH]c2C1. The first-order chi connectivity index (χ1) is 10.9. The van der Waals surface area contributed by atoms with Crippen LogP contribution in [0.5, 0.6) is 0 Å². The standard InChI is InChI=1S/C17H22N2O4/c1-17(2)7-13-11(14(20)8-17)6-12(16(22)19-13)15(21)18-9-10-4-3-5-23-10/h6,10H,3-5,7-9H2,1-2H3,(H,18,21)(H,19,22). The molecule has 1 amide bonds. The Morgan fingerprint density at radius 2 is 2.17 bits per heavy atom. The van der Waals surface area contributed by atoms with Gasteiger partial charge in [0.05, 0.1) is 6.10 Å². The molecule has 0 spiro atoms. The summed E-state index contributed by atoms with van der Waals surface area (Å²) in [6.45, 7) is 5.09. The molecule has 1 aromatic rings. The predicted octanol–water partition coefficient (Wildman–Crippen LogP) is 1.44. The Morgan fingerprint density at radius 1 is 1.39 bits per heavy atom. The number of hydrogen-bond acceptors (Lipinski definition) is 4. The zero-order valence-corrected chi connectivity index (χ0v) is 13.5. The van der Waals surface area contributed by atoms with E-state index in [1.54, 1.807) is 0 Å². The van der Waals surface area contributed by atoms with E-state index in [4.69, 9.17) is 4.74 Å². The van der Waals surface area contributed by atoms with Gasteiger partial charge in [-0.1, -0.05) is 13.8 Å². The van der Waals surface area contributed by atoms with Gasteiger partial charge in [-0.15, -0.1) is 0 Å². The molecule has 1 fully saturated rings. The van der Waals surface area contributed by atoms with Crippen molar-refractivity contribution < 1.29 is 14.3 Å². The number of amides is 1. The van der Waals surface area contributed by atoms with Crippen molar-refractivity contribution in [1.82, 2.24) is 10.3 Å². The Kier molecular flexibility index (Phi) is 4.10. The van der Waals surface area contributed by atoms with E-state index in [0.29, 0.717) is 37.3 Å². The van der Waals surface area contributed by atoms with Gasteiger partial charge in [0.15, 0.2) is 5.78 Å². The third-order valence-corrected chi connectivity index (χ3v) is 4.48. The van der Waals surface area contributed by atoms with E-state index in [9.17, 15) is 14.4 Å². The molecule has 0 saturated carbocycles. The van der Waals surface area contributed by atoms with Gasteiger partial charge in [0.1, 0.15) is 5.56 Å². The number of aromatic amines is 1. The van der Waals surface area contributed by atoms with Gasteiger partial charge in [0, 0.05) is 30.8 Å². The number of ether oxygens (including phenoxy) is 1. The van der Waals surface area contributed by atoms with Gasteiger partial charge >= 0.3 is 0 Å². The van der Waals surface area contributed by atoms with Crippen molar-refractivity contribution in [3.05, 3.63) is 33.2 Å². The number of ketones is 1. The first-order valence-electron chi connectivity index (χ1n) is 8.05. The molecule has 23 heavy (non-hydrogen) atoms. The zero-order valence-electron chi connectivity index (χ0n) is 13.5. The number of aromatic nitrogens is 1. The minimum atomic E-state index is -0.456. The highest BCUT2D eigenvalue weighted by Crippen LogP contribution is 2.33. The largest absolute Gasteiger partial charge is 0.376 e. The molecule has 2 N–H and O–H groups in total. The van der Waals surface area contributed by atoms with E-state index >= 15 is 0 Å². The first kappa shape index (κ1) is 15.9. The normalized spacial score (nSPS) is 22.7. The summed E-state index contributed by atoms with van der Waals surface area (Å²) in [5.74, 6) is -0.483. The zero-order chi connectivity index (χ0) is 16.6. The van der Waals surface area contributed by atoms with Crippen LogP contribution >= 0.6 is 0 Å². The number of nitrogens with one attached hydrogen (secondary N) is 2. The molecule has 3 rings (SSSR count). The number of pyridine rings is 1. The molecule has 1 atom stereocenters. The number of carbonyl (C=O) groups is 2. The lowest BCUT2D eigenvalue weighted by Crippen LogP contribution is -2.37. The number of rotatable bonds is 3. The van der Waals surface area contributed by atoms with Crippen LogP contribution in [0.3, 0.4) is 0 Å². The van der Waals surface area contributed by atoms with Gasteiger partial charge in [-0.3, -0.25) is 14.4 Å². The average Bonchev–Trinajstić information content (AvgIpc) is 2.96. The summed E-state index contributed by atoms with van der Waals surface area (Å²) in [4.78, 5) is 39.4. The highest BCUT2D eigenvalue weighted by Gasteiger charge is 2.32. The van der Waals surface area contributed by atoms with Crippen LogP contribution in [-0.4, -0.2) is 35.9 Å². The summed E-state index contributed by atoms with van der Waals surface area (Å²) >= 11 is 0.